The molecule has 2 N–H and O–H groups in total. The van der Waals surface area contributed by atoms with Crippen molar-refractivity contribution in [1.29, 1.82) is 0 Å². The highest BCUT2D eigenvalue weighted by atomic mass is 19.2. The van der Waals surface area contributed by atoms with Gasteiger partial charge in [0.05, 0.1) is 16.7 Å². The zero-order valence-electron chi connectivity index (χ0n) is 11.6. The summed E-state index contributed by atoms with van der Waals surface area (Å²) in [5.74, 6) is -0.916. The van der Waals surface area contributed by atoms with Gasteiger partial charge in [0.15, 0.2) is 11.6 Å². The molecule has 0 fully saturated rings. The Hall–Kier alpha value is -2.43. The molecule has 0 saturated carbocycles. The number of rotatable bonds is 3. The molecule has 1 aromatic heterocycles. The van der Waals surface area contributed by atoms with Gasteiger partial charge >= 0.3 is 0 Å². The third-order valence-corrected chi connectivity index (χ3v) is 3.38. The van der Waals surface area contributed by atoms with Crippen LogP contribution in [0.5, 0.6) is 0 Å². The Labute approximate surface area is 121 Å². The van der Waals surface area contributed by atoms with Crippen LogP contribution in [0.1, 0.15) is 19.2 Å². The van der Waals surface area contributed by atoms with Gasteiger partial charge in [-0.2, -0.15) is 0 Å². The molecule has 0 aliphatic rings. The zero-order valence-corrected chi connectivity index (χ0v) is 11.6. The summed E-state index contributed by atoms with van der Waals surface area (Å²) < 4.78 is 28.5. The van der Waals surface area contributed by atoms with E-state index in [9.17, 15) is 8.78 Å². The molecule has 0 unspecified atom stereocenters. The number of nitrogens with two attached hydrogens (primary N) is 1. The summed E-state index contributed by atoms with van der Waals surface area (Å²) in [6.07, 6.45) is 1.65. The quantitative estimate of drug-likeness (QED) is 0.744. The largest absolute Gasteiger partial charge is 0.399 e. The number of anilines is 1. The van der Waals surface area contributed by atoms with E-state index in [-0.39, 0.29) is 0 Å². The topological polar surface area (TPSA) is 43.8 Å². The monoisotopic (exact) mass is 287 g/mol. The molecule has 0 spiro atoms. The van der Waals surface area contributed by atoms with Gasteiger partial charge in [-0.15, -0.1) is 0 Å². The molecule has 1 heterocycles. The molecule has 0 amide bonds. The van der Waals surface area contributed by atoms with Crippen molar-refractivity contribution in [1.82, 2.24) is 9.55 Å². The Kier molecular flexibility index (Phi) is 3.33. The SMILES string of the molecule is CCCc1nc2cc(N)ccc2n1-c1ccc(F)c(F)c1. The van der Waals surface area contributed by atoms with Crippen LogP contribution in [0.2, 0.25) is 0 Å². The van der Waals surface area contributed by atoms with E-state index in [4.69, 9.17) is 5.73 Å². The summed E-state index contributed by atoms with van der Waals surface area (Å²) in [5, 5.41) is 0. The van der Waals surface area contributed by atoms with Crippen molar-refractivity contribution in [2.24, 2.45) is 0 Å². The van der Waals surface area contributed by atoms with Gasteiger partial charge in [0.2, 0.25) is 0 Å². The number of nitrogen functional groups attached to an aromatic ring is 1. The van der Waals surface area contributed by atoms with Crippen LogP contribution in [0.4, 0.5) is 14.5 Å². The number of nitrogens with zero attached hydrogens (tertiary/aromatic N) is 2. The summed E-state index contributed by atoms with van der Waals surface area (Å²) in [7, 11) is 0. The molecule has 0 saturated heterocycles. The second kappa shape index (κ2) is 5.16. The average molecular weight is 287 g/mol. The lowest BCUT2D eigenvalue weighted by atomic mass is 10.2. The van der Waals surface area contributed by atoms with Crippen molar-refractivity contribution in [3.63, 3.8) is 0 Å². The van der Waals surface area contributed by atoms with Gasteiger partial charge in [-0.1, -0.05) is 6.92 Å². The number of benzene rings is 2. The van der Waals surface area contributed by atoms with Crippen LogP contribution in [-0.4, -0.2) is 9.55 Å². The zero-order chi connectivity index (χ0) is 15.0. The van der Waals surface area contributed by atoms with Crippen molar-refractivity contribution in [2.45, 2.75) is 19.8 Å². The van der Waals surface area contributed by atoms with Crippen LogP contribution in [0.25, 0.3) is 16.7 Å². The summed E-state index contributed by atoms with van der Waals surface area (Å²) in [5.41, 5.74) is 8.55. The molecule has 21 heavy (non-hydrogen) atoms. The third kappa shape index (κ3) is 2.35. The molecular formula is C16H15F2N3. The lowest BCUT2D eigenvalue weighted by Crippen LogP contribution is -2.02. The van der Waals surface area contributed by atoms with Crippen molar-refractivity contribution in [3.05, 3.63) is 53.9 Å². The minimum atomic E-state index is -0.868. The highest BCUT2D eigenvalue weighted by molar-refractivity contribution is 5.81. The number of aromatic nitrogens is 2. The lowest BCUT2D eigenvalue weighted by molar-refractivity contribution is 0.508. The van der Waals surface area contributed by atoms with E-state index >= 15 is 0 Å². The fourth-order valence-corrected chi connectivity index (χ4v) is 2.45. The Balaban J connectivity index is 2.27. The lowest BCUT2D eigenvalue weighted by Gasteiger charge is -2.09. The number of halogens is 2. The molecule has 0 atom stereocenters. The van der Waals surface area contributed by atoms with Gasteiger partial charge in [0.25, 0.3) is 0 Å². The summed E-state index contributed by atoms with van der Waals surface area (Å²) in [6.45, 7) is 2.04. The van der Waals surface area contributed by atoms with E-state index in [0.29, 0.717) is 11.4 Å². The summed E-state index contributed by atoms with van der Waals surface area (Å²) >= 11 is 0. The molecule has 5 heteroatoms. The molecule has 3 nitrogen and oxygen atoms in total. The predicted molar refractivity (Wildman–Crippen MR) is 79.4 cm³/mol. The minimum Gasteiger partial charge on any atom is -0.399 e. The van der Waals surface area contributed by atoms with Gasteiger partial charge in [0.1, 0.15) is 5.82 Å². The second-order valence-corrected chi connectivity index (χ2v) is 4.96. The maximum Gasteiger partial charge on any atom is 0.160 e. The maximum atomic E-state index is 13.5. The van der Waals surface area contributed by atoms with E-state index < -0.39 is 11.6 Å². The first-order valence-electron chi connectivity index (χ1n) is 6.82. The maximum absolute atomic E-state index is 13.5. The summed E-state index contributed by atoms with van der Waals surface area (Å²) in [6, 6.07) is 9.27. The molecule has 0 bridgehead atoms. The van der Waals surface area contributed by atoms with Crippen LogP contribution in [0.3, 0.4) is 0 Å². The van der Waals surface area contributed by atoms with Crippen molar-refractivity contribution < 1.29 is 8.78 Å². The van der Waals surface area contributed by atoms with Gasteiger partial charge in [0, 0.05) is 18.2 Å². The Morgan fingerprint density at radius 2 is 1.90 bits per heavy atom. The van der Waals surface area contributed by atoms with Crippen molar-refractivity contribution in [3.8, 4) is 5.69 Å². The molecule has 2 aromatic carbocycles. The first-order chi connectivity index (χ1) is 10.1. The van der Waals surface area contributed by atoms with E-state index in [1.54, 1.807) is 18.2 Å². The van der Waals surface area contributed by atoms with Gasteiger partial charge in [-0.25, -0.2) is 13.8 Å². The fraction of sp³-hybridized carbons (Fsp3) is 0.188. The average Bonchev–Trinajstić information content (AvgIpc) is 2.79. The van der Waals surface area contributed by atoms with Gasteiger partial charge in [-0.3, -0.25) is 4.57 Å². The van der Waals surface area contributed by atoms with E-state index in [1.807, 2.05) is 17.6 Å². The number of fused-ring (bicyclic) bond motifs is 1. The van der Waals surface area contributed by atoms with Crippen LogP contribution >= 0.6 is 0 Å². The molecular weight excluding hydrogens is 272 g/mol. The highest BCUT2D eigenvalue weighted by Crippen LogP contribution is 2.25. The molecule has 0 aliphatic carbocycles. The molecule has 3 rings (SSSR count). The molecule has 3 aromatic rings. The minimum absolute atomic E-state index is 0.560. The van der Waals surface area contributed by atoms with Gasteiger partial charge < -0.3 is 5.73 Å². The fourth-order valence-electron chi connectivity index (χ4n) is 2.45. The Bertz CT molecular complexity index is 809. The Morgan fingerprint density at radius 1 is 1.10 bits per heavy atom. The normalized spacial score (nSPS) is 11.2. The van der Waals surface area contributed by atoms with E-state index in [2.05, 4.69) is 4.98 Å². The molecule has 0 aliphatic heterocycles. The molecule has 108 valence electrons. The van der Waals surface area contributed by atoms with Gasteiger partial charge in [-0.05, 0) is 36.8 Å². The summed E-state index contributed by atoms with van der Waals surface area (Å²) in [4.78, 5) is 4.56. The second-order valence-electron chi connectivity index (χ2n) is 4.96. The van der Waals surface area contributed by atoms with E-state index in [1.165, 1.54) is 6.07 Å². The van der Waals surface area contributed by atoms with Crippen molar-refractivity contribution in [2.75, 3.05) is 5.73 Å². The van der Waals surface area contributed by atoms with Crippen LogP contribution in [-0.2, 0) is 6.42 Å². The first kappa shape index (κ1) is 13.5. The van der Waals surface area contributed by atoms with Crippen LogP contribution in [0.15, 0.2) is 36.4 Å². The highest BCUT2D eigenvalue weighted by Gasteiger charge is 2.13. The predicted octanol–water partition coefficient (Wildman–Crippen LogP) is 3.84. The standard InChI is InChI=1S/C16H15F2N3/c1-2-3-16-20-14-8-10(19)4-7-15(14)21(16)11-5-6-12(17)13(18)9-11/h4-9H,2-3,19H2,1H3. The molecule has 0 radical (unpaired) electrons. The smallest absolute Gasteiger partial charge is 0.160 e. The number of aryl methyl sites for hydroxylation is 1. The third-order valence-electron chi connectivity index (χ3n) is 3.38. The van der Waals surface area contributed by atoms with Crippen LogP contribution in [0, 0.1) is 11.6 Å². The Morgan fingerprint density at radius 3 is 2.62 bits per heavy atom. The van der Waals surface area contributed by atoms with Crippen LogP contribution < -0.4 is 5.73 Å². The number of hydrogen-bond donors (Lipinski definition) is 1. The first-order valence-corrected chi connectivity index (χ1v) is 6.82. The van der Waals surface area contributed by atoms with Crippen molar-refractivity contribution >= 4 is 16.7 Å². The number of imidazole rings is 1. The number of hydrogen-bond acceptors (Lipinski definition) is 2. The van der Waals surface area contributed by atoms with E-state index in [0.717, 1.165) is 35.8 Å².